The van der Waals surface area contributed by atoms with E-state index in [1.165, 1.54) is 0 Å². The van der Waals surface area contributed by atoms with E-state index >= 15 is 0 Å². The lowest BCUT2D eigenvalue weighted by Crippen LogP contribution is -1.93. The van der Waals surface area contributed by atoms with Crippen LogP contribution in [0.1, 0.15) is 5.56 Å². The minimum Gasteiger partial charge on any atom is -0.353 e. The average Bonchev–Trinajstić information content (AvgIpc) is 2.33. The van der Waals surface area contributed by atoms with E-state index in [1.807, 2.05) is 6.07 Å². The van der Waals surface area contributed by atoms with Gasteiger partial charge in [-0.15, -0.1) is 0 Å². The maximum atomic E-state index is 8.91. The van der Waals surface area contributed by atoms with Gasteiger partial charge in [-0.2, -0.15) is 5.26 Å². The zero-order valence-corrected chi connectivity index (χ0v) is 12.1. The number of para-hydroxylation sites is 1. The van der Waals surface area contributed by atoms with Gasteiger partial charge in [0.1, 0.15) is 0 Å². The second kappa shape index (κ2) is 5.62. The van der Waals surface area contributed by atoms with E-state index in [9.17, 15) is 0 Å². The van der Waals surface area contributed by atoms with Gasteiger partial charge in [-0.25, -0.2) is 0 Å². The third kappa shape index (κ3) is 2.97. The highest BCUT2D eigenvalue weighted by Crippen LogP contribution is 2.33. The molecule has 0 aliphatic carbocycles. The van der Waals surface area contributed by atoms with Crippen molar-refractivity contribution in [2.24, 2.45) is 0 Å². The summed E-state index contributed by atoms with van der Waals surface area (Å²) in [6.07, 6.45) is 0. The van der Waals surface area contributed by atoms with E-state index < -0.39 is 0 Å². The van der Waals surface area contributed by atoms with Crippen LogP contribution in [0.3, 0.4) is 0 Å². The molecular weight excluding hydrogens is 335 g/mol. The molecule has 0 spiro atoms. The van der Waals surface area contributed by atoms with E-state index in [2.05, 4.69) is 27.3 Å². The molecule has 0 fully saturated rings. The number of rotatable bonds is 2. The van der Waals surface area contributed by atoms with Crippen LogP contribution in [0.4, 0.5) is 11.4 Å². The molecule has 0 bridgehead atoms. The van der Waals surface area contributed by atoms with Crippen LogP contribution in [0.5, 0.6) is 0 Å². The van der Waals surface area contributed by atoms with Crippen molar-refractivity contribution in [3.8, 4) is 6.07 Å². The molecule has 0 amide bonds. The molecule has 0 saturated heterocycles. The number of nitrogens with zero attached hydrogens (tertiary/aromatic N) is 1. The van der Waals surface area contributed by atoms with Gasteiger partial charge < -0.3 is 5.32 Å². The van der Waals surface area contributed by atoms with E-state index in [0.717, 1.165) is 10.2 Å². The molecular formula is C13H7BrCl2N2. The third-order valence-electron chi connectivity index (χ3n) is 2.26. The molecule has 0 aliphatic heterocycles. The summed E-state index contributed by atoms with van der Waals surface area (Å²) in [4.78, 5) is 0. The quantitative estimate of drug-likeness (QED) is 0.796. The molecule has 0 saturated carbocycles. The topological polar surface area (TPSA) is 35.8 Å². The Labute approximate surface area is 123 Å². The van der Waals surface area contributed by atoms with Crippen LogP contribution in [0.2, 0.25) is 10.0 Å². The van der Waals surface area contributed by atoms with Crippen molar-refractivity contribution in [1.29, 1.82) is 5.26 Å². The normalized spacial score (nSPS) is 9.89. The van der Waals surface area contributed by atoms with Crippen LogP contribution in [-0.4, -0.2) is 0 Å². The number of nitriles is 1. The number of hydrogen-bond donors (Lipinski definition) is 1. The monoisotopic (exact) mass is 340 g/mol. The molecule has 1 N–H and O–H groups in total. The van der Waals surface area contributed by atoms with E-state index in [4.69, 9.17) is 28.5 Å². The predicted molar refractivity (Wildman–Crippen MR) is 78.6 cm³/mol. The summed E-state index contributed by atoms with van der Waals surface area (Å²) in [7, 11) is 0. The minimum atomic E-state index is 0.529. The van der Waals surface area contributed by atoms with Crippen LogP contribution in [0, 0.1) is 11.3 Å². The van der Waals surface area contributed by atoms with Crippen molar-refractivity contribution in [3.05, 3.63) is 56.5 Å². The molecule has 2 nitrogen and oxygen atoms in total. The summed E-state index contributed by atoms with van der Waals surface area (Å²) in [5, 5.41) is 13.1. The van der Waals surface area contributed by atoms with Crippen LogP contribution < -0.4 is 5.32 Å². The first-order valence-electron chi connectivity index (χ1n) is 5.02. The summed E-state index contributed by atoms with van der Waals surface area (Å²) in [5.41, 5.74) is 1.92. The first kappa shape index (κ1) is 13.2. The zero-order valence-electron chi connectivity index (χ0n) is 9.05. The maximum absolute atomic E-state index is 8.91. The Bertz CT molecular complexity index is 615. The minimum absolute atomic E-state index is 0.529. The van der Waals surface area contributed by atoms with Gasteiger partial charge >= 0.3 is 0 Å². The molecule has 2 aromatic carbocycles. The molecule has 0 atom stereocenters. The van der Waals surface area contributed by atoms with Crippen molar-refractivity contribution < 1.29 is 0 Å². The fourth-order valence-electron chi connectivity index (χ4n) is 1.49. The Kier molecular flexibility index (Phi) is 4.13. The Balaban J connectivity index is 2.40. The summed E-state index contributed by atoms with van der Waals surface area (Å²) < 4.78 is 0.812. The van der Waals surface area contributed by atoms with Gasteiger partial charge in [0.2, 0.25) is 0 Å². The average molecular weight is 342 g/mol. The Morgan fingerprint density at radius 1 is 1.11 bits per heavy atom. The van der Waals surface area contributed by atoms with Crippen molar-refractivity contribution in [3.63, 3.8) is 0 Å². The van der Waals surface area contributed by atoms with E-state index in [0.29, 0.717) is 21.3 Å². The number of halogens is 3. The SMILES string of the molecule is N#Cc1cc(Br)cc(Nc2c(Cl)cccc2Cl)c1. The van der Waals surface area contributed by atoms with Crippen LogP contribution in [0.25, 0.3) is 0 Å². The number of hydrogen-bond acceptors (Lipinski definition) is 2. The summed E-state index contributed by atoms with van der Waals surface area (Å²) in [5.74, 6) is 0. The van der Waals surface area contributed by atoms with Gasteiger partial charge in [0, 0.05) is 10.2 Å². The summed E-state index contributed by atoms with van der Waals surface area (Å²) >= 11 is 15.5. The largest absolute Gasteiger partial charge is 0.353 e. The highest BCUT2D eigenvalue weighted by Gasteiger charge is 2.06. The van der Waals surface area contributed by atoms with Crippen LogP contribution in [0.15, 0.2) is 40.9 Å². The molecule has 0 heterocycles. The smallest absolute Gasteiger partial charge is 0.0992 e. The number of benzene rings is 2. The van der Waals surface area contributed by atoms with Gasteiger partial charge in [-0.1, -0.05) is 45.2 Å². The van der Waals surface area contributed by atoms with Gasteiger partial charge in [-0.05, 0) is 30.3 Å². The van der Waals surface area contributed by atoms with E-state index in [-0.39, 0.29) is 0 Å². The lowest BCUT2D eigenvalue weighted by molar-refractivity contribution is 1.46. The van der Waals surface area contributed by atoms with Crippen molar-refractivity contribution in [2.75, 3.05) is 5.32 Å². The molecule has 0 aromatic heterocycles. The molecule has 0 aliphatic rings. The molecule has 2 rings (SSSR count). The number of nitrogens with one attached hydrogen (secondary N) is 1. The van der Waals surface area contributed by atoms with Crippen molar-refractivity contribution in [1.82, 2.24) is 0 Å². The third-order valence-corrected chi connectivity index (χ3v) is 3.35. The summed E-state index contributed by atoms with van der Waals surface area (Å²) in [6, 6.07) is 12.7. The highest BCUT2D eigenvalue weighted by atomic mass is 79.9. The molecule has 5 heteroatoms. The van der Waals surface area contributed by atoms with Gasteiger partial charge in [0.15, 0.2) is 0 Å². The first-order chi connectivity index (χ1) is 8.60. The maximum Gasteiger partial charge on any atom is 0.0992 e. The van der Waals surface area contributed by atoms with Gasteiger partial charge in [0.05, 0.1) is 27.4 Å². The first-order valence-corrected chi connectivity index (χ1v) is 6.57. The Hall–Kier alpha value is -1.21. The molecule has 18 heavy (non-hydrogen) atoms. The van der Waals surface area contributed by atoms with E-state index in [1.54, 1.807) is 30.3 Å². The molecule has 0 radical (unpaired) electrons. The van der Waals surface area contributed by atoms with Crippen molar-refractivity contribution in [2.45, 2.75) is 0 Å². The Morgan fingerprint density at radius 3 is 2.39 bits per heavy atom. The zero-order chi connectivity index (χ0) is 13.1. The number of anilines is 2. The van der Waals surface area contributed by atoms with Gasteiger partial charge in [-0.3, -0.25) is 0 Å². The van der Waals surface area contributed by atoms with Crippen LogP contribution >= 0.6 is 39.1 Å². The van der Waals surface area contributed by atoms with Crippen LogP contribution in [-0.2, 0) is 0 Å². The summed E-state index contributed by atoms with van der Waals surface area (Å²) in [6.45, 7) is 0. The lowest BCUT2D eigenvalue weighted by Gasteiger charge is -2.11. The molecule has 0 unspecified atom stereocenters. The standard InChI is InChI=1S/C13H7BrCl2N2/c14-9-4-8(7-17)5-10(6-9)18-13-11(15)2-1-3-12(13)16/h1-6,18H. The highest BCUT2D eigenvalue weighted by molar-refractivity contribution is 9.10. The van der Waals surface area contributed by atoms with Gasteiger partial charge in [0.25, 0.3) is 0 Å². The second-order valence-corrected chi connectivity index (χ2v) is 5.29. The molecule has 90 valence electrons. The lowest BCUT2D eigenvalue weighted by atomic mass is 10.2. The van der Waals surface area contributed by atoms with Crippen molar-refractivity contribution >= 4 is 50.5 Å². The Morgan fingerprint density at radius 2 is 1.78 bits per heavy atom. The fourth-order valence-corrected chi connectivity index (χ4v) is 2.47. The fraction of sp³-hybridized carbons (Fsp3) is 0. The predicted octanol–water partition coefficient (Wildman–Crippen LogP) is 5.37. The molecule has 2 aromatic rings. The second-order valence-electron chi connectivity index (χ2n) is 3.56.